The quantitative estimate of drug-likeness (QED) is 0.421. The third-order valence-corrected chi connectivity index (χ3v) is 4.23. The van der Waals surface area contributed by atoms with Crippen molar-refractivity contribution in [2.24, 2.45) is 0 Å². The maximum atomic E-state index is 12.9. The Balaban J connectivity index is 1.65. The molecule has 31 heavy (non-hydrogen) atoms. The Bertz CT molecular complexity index is 1310. The fraction of sp³-hybridized carbons (Fsp3) is 0.105. The molecule has 0 aliphatic carbocycles. The smallest absolute Gasteiger partial charge is 0.278 e. The lowest BCUT2D eigenvalue weighted by Crippen LogP contribution is -2.17. The second-order valence-corrected chi connectivity index (χ2v) is 6.29. The van der Waals surface area contributed by atoms with Gasteiger partial charge < -0.3 is 19.9 Å². The predicted molar refractivity (Wildman–Crippen MR) is 107 cm³/mol. The Hall–Kier alpha value is -4.63. The third kappa shape index (κ3) is 4.07. The van der Waals surface area contributed by atoms with Gasteiger partial charge in [0, 0.05) is 18.4 Å². The Labute approximate surface area is 174 Å². The summed E-state index contributed by atoms with van der Waals surface area (Å²) in [7, 11) is 1.41. The number of aromatic nitrogens is 5. The number of benzene rings is 2. The van der Waals surface area contributed by atoms with E-state index in [9.17, 15) is 9.59 Å². The molecule has 12 heteroatoms. The van der Waals surface area contributed by atoms with Gasteiger partial charge in [-0.05, 0) is 41.6 Å². The minimum Gasteiger partial charge on any atom is -0.375 e. The van der Waals surface area contributed by atoms with E-state index in [1.807, 2.05) is 6.07 Å². The van der Waals surface area contributed by atoms with Gasteiger partial charge in [0.25, 0.3) is 5.91 Å². The molecule has 0 aliphatic rings. The van der Waals surface area contributed by atoms with Crippen molar-refractivity contribution in [3.05, 3.63) is 47.7 Å². The van der Waals surface area contributed by atoms with Gasteiger partial charge in [-0.2, -0.15) is 10.5 Å². The average molecular weight is 418 g/mol. The second kappa shape index (κ2) is 8.39. The number of aromatic amines is 1. The Morgan fingerprint density at radius 1 is 1.23 bits per heavy atom. The van der Waals surface area contributed by atoms with Crippen LogP contribution in [0.3, 0.4) is 0 Å². The van der Waals surface area contributed by atoms with Gasteiger partial charge >= 0.3 is 0 Å². The number of hydrogen-bond donors (Lipinski definition) is 3. The average Bonchev–Trinajstić information content (AvgIpc) is 3.44. The summed E-state index contributed by atoms with van der Waals surface area (Å²) in [6, 6.07) is 11.4. The number of hydrogen-bond acceptors (Lipinski definition) is 9. The number of ether oxygens (including phenoxy) is 1. The zero-order chi connectivity index (χ0) is 21.8. The van der Waals surface area contributed by atoms with Gasteiger partial charge in [0.15, 0.2) is 11.3 Å². The van der Waals surface area contributed by atoms with E-state index in [2.05, 4.69) is 36.4 Å². The molecular formula is C19H14N8O4. The number of nitrogens with zero attached hydrogens (tertiary/aromatic N) is 5. The number of fused-ring (bicyclic) bond motifs is 1. The first kappa shape index (κ1) is 19.7. The van der Waals surface area contributed by atoms with Crippen molar-refractivity contribution in [2.45, 2.75) is 0 Å². The number of nitriles is 1. The van der Waals surface area contributed by atoms with E-state index in [0.717, 1.165) is 0 Å². The van der Waals surface area contributed by atoms with Crippen LogP contribution in [0.2, 0.25) is 0 Å². The first-order chi connectivity index (χ1) is 15.1. The van der Waals surface area contributed by atoms with E-state index in [-0.39, 0.29) is 24.0 Å². The second-order valence-electron chi connectivity index (χ2n) is 6.29. The Morgan fingerprint density at radius 3 is 2.84 bits per heavy atom. The van der Waals surface area contributed by atoms with Gasteiger partial charge in [0.1, 0.15) is 6.61 Å². The van der Waals surface area contributed by atoms with Crippen LogP contribution in [0, 0.1) is 11.3 Å². The van der Waals surface area contributed by atoms with E-state index in [0.29, 0.717) is 33.5 Å². The van der Waals surface area contributed by atoms with Gasteiger partial charge in [-0.3, -0.25) is 9.59 Å². The number of methoxy groups -OCH3 is 1. The largest absolute Gasteiger partial charge is 0.375 e. The first-order valence-electron chi connectivity index (χ1n) is 8.86. The molecule has 4 aromatic rings. The highest BCUT2D eigenvalue weighted by molar-refractivity contribution is 6.12. The summed E-state index contributed by atoms with van der Waals surface area (Å²) in [5, 5.41) is 32.4. The molecule has 0 atom stereocenters. The molecule has 0 saturated heterocycles. The molecule has 12 nitrogen and oxygen atoms in total. The Morgan fingerprint density at radius 2 is 2.10 bits per heavy atom. The number of carbonyl (C=O) groups is 2. The first-order valence-corrected chi connectivity index (χ1v) is 8.86. The molecule has 0 saturated carbocycles. The lowest BCUT2D eigenvalue weighted by atomic mass is 10.1. The van der Waals surface area contributed by atoms with Crippen LogP contribution in [0.25, 0.3) is 22.4 Å². The lowest BCUT2D eigenvalue weighted by Gasteiger charge is -2.08. The summed E-state index contributed by atoms with van der Waals surface area (Å²) < 4.78 is 10.0. The van der Waals surface area contributed by atoms with Crippen LogP contribution >= 0.6 is 0 Å². The maximum Gasteiger partial charge on any atom is 0.278 e. The number of carbonyl (C=O) groups excluding carboxylic acids is 2. The van der Waals surface area contributed by atoms with Crippen LogP contribution in [0.5, 0.6) is 0 Å². The number of H-pyrrole nitrogens is 1. The van der Waals surface area contributed by atoms with E-state index in [1.54, 1.807) is 30.3 Å². The summed E-state index contributed by atoms with van der Waals surface area (Å²) in [4.78, 5) is 24.7. The van der Waals surface area contributed by atoms with Crippen molar-refractivity contribution in [3.8, 4) is 17.5 Å². The molecule has 0 spiro atoms. The third-order valence-electron chi connectivity index (χ3n) is 4.23. The highest BCUT2D eigenvalue weighted by Gasteiger charge is 2.20. The topological polar surface area (TPSA) is 172 Å². The number of nitrogens with one attached hydrogen (secondary N) is 3. The number of anilines is 2. The van der Waals surface area contributed by atoms with Gasteiger partial charge in [-0.15, -0.1) is 10.2 Å². The fourth-order valence-corrected chi connectivity index (χ4v) is 2.87. The van der Waals surface area contributed by atoms with Crippen molar-refractivity contribution in [2.75, 3.05) is 24.4 Å². The molecular weight excluding hydrogens is 404 g/mol. The van der Waals surface area contributed by atoms with Crippen LogP contribution in [0.4, 0.5) is 11.4 Å². The molecule has 0 unspecified atom stereocenters. The van der Waals surface area contributed by atoms with Crippen molar-refractivity contribution in [3.63, 3.8) is 0 Å². The molecule has 4 rings (SSSR count). The number of amides is 2. The molecule has 0 aliphatic heterocycles. The fourth-order valence-electron chi connectivity index (χ4n) is 2.87. The normalized spacial score (nSPS) is 10.6. The van der Waals surface area contributed by atoms with E-state index >= 15 is 0 Å². The SMILES string of the molecule is COCC(=O)Nc1ccc2onc(C(=O)Nc3ccc(C#N)cc3-c3nn[nH]n3)c2c1. The minimum atomic E-state index is -0.562. The lowest BCUT2D eigenvalue weighted by molar-refractivity contribution is -0.119. The summed E-state index contributed by atoms with van der Waals surface area (Å²) in [6.45, 7) is -0.105. The van der Waals surface area contributed by atoms with Gasteiger partial charge in [-0.1, -0.05) is 5.16 Å². The zero-order valence-electron chi connectivity index (χ0n) is 16.0. The molecule has 3 N–H and O–H groups in total. The van der Waals surface area contributed by atoms with E-state index in [4.69, 9.17) is 14.5 Å². The molecule has 0 fully saturated rings. The molecule has 0 radical (unpaired) electrons. The van der Waals surface area contributed by atoms with E-state index < -0.39 is 5.91 Å². The highest BCUT2D eigenvalue weighted by atomic mass is 16.5. The van der Waals surface area contributed by atoms with Gasteiger partial charge in [0.05, 0.1) is 22.7 Å². The van der Waals surface area contributed by atoms with Crippen molar-refractivity contribution >= 4 is 34.2 Å². The van der Waals surface area contributed by atoms with Gasteiger partial charge in [-0.25, -0.2) is 0 Å². The molecule has 2 aromatic carbocycles. The maximum absolute atomic E-state index is 12.9. The molecule has 2 aromatic heterocycles. The minimum absolute atomic E-state index is 0.0151. The molecule has 154 valence electrons. The van der Waals surface area contributed by atoms with Crippen LogP contribution in [0.15, 0.2) is 40.9 Å². The van der Waals surface area contributed by atoms with Crippen LogP contribution < -0.4 is 10.6 Å². The highest BCUT2D eigenvalue weighted by Crippen LogP contribution is 2.28. The summed E-state index contributed by atoms with van der Waals surface area (Å²) in [5.74, 6) is -0.694. The molecule has 0 bridgehead atoms. The number of tetrazole rings is 1. The number of rotatable bonds is 6. The summed E-state index contributed by atoms with van der Waals surface area (Å²) in [5.41, 5.74) is 1.96. The zero-order valence-corrected chi connectivity index (χ0v) is 16.0. The van der Waals surface area contributed by atoms with Crippen molar-refractivity contribution < 1.29 is 18.8 Å². The van der Waals surface area contributed by atoms with Crippen LogP contribution in [0.1, 0.15) is 16.1 Å². The Kier molecular flexibility index (Phi) is 5.33. The van der Waals surface area contributed by atoms with Crippen molar-refractivity contribution in [1.29, 1.82) is 5.26 Å². The molecule has 2 heterocycles. The predicted octanol–water partition coefficient (Wildman–Crippen LogP) is 1.72. The van der Waals surface area contributed by atoms with Crippen LogP contribution in [-0.4, -0.2) is 51.3 Å². The summed E-state index contributed by atoms with van der Waals surface area (Å²) in [6.07, 6.45) is 0. The van der Waals surface area contributed by atoms with Gasteiger partial charge in [0.2, 0.25) is 11.7 Å². The monoisotopic (exact) mass is 418 g/mol. The van der Waals surface area contributed by atoms with Crippen molar-refractivity contribution in [1.82, 2.24) is 25.8 Å². The van der Waals surface area contributed by atoms with E-state index in [1.165, 1.54) is 13.2 Å². The van der Waals surface area contributed by atoms with Crippen LogP contribution in [-0.2, 0) is 9.53 Å². The molecule has 2 amide bonds. The standard InChI is InChI=1S/C19H14N8O4/c1-30-9-16(28)21-11-3-5-15-13(7-11)17(25-31-15)19(29)22-14-4-2-10(8-20)6-12(14)18-23-26-27-24-18/h2-7H,9H2,1H3,(H,21,28)(H,22,29)(H,23,24,26,27). The summed E-state index contributed by atoms with van der Waals surface area (Å²) >= 11 is 0.